The standard InChI is InChI=1S/C18H30N2O/c1-6-11-19-17-12-15(5)9-10-16(17)18(21)20(8-3)13-14(4)7-2/h9-10,12,14,19H,6-8,11,13H2,1-5H3. The summed E-state index contributed by atoms with van der Waals surface area (Å²) in [6.07, 6.45) is 2.14. The maximum Gasteiger partial charge on any atom is 0.255 e. The van der Waals surface area contributed by atoms with Crippen LogP contribution in [0.4, 0.5) is 5.69 Å². The quantitative estimate of drug-likeness (QED) is 0.773. The topological polar surface area (TPSA) is 32.3 Å². The Morgan fingerprint density at radius 3 is 2.57 bits per heavy atom. The van der Waals surface area contributed by atoms with E-state index in [1.54, 1.807) is 0 Å². The van der Waals surface area contributed by atoms with Crippen molar-refractivity contribution in [2.45, 2.75) is 47.5 Å². The molecule has 1 aromatic carbocycles. The Morgan fingerprint density at radius 1 is 1.29 bits per heavy atom. The predicted molar refractivity (Wildman–Crippen MR) is 91.0 cm³/mol. The van der Waals surface area contributed by atoms with Crippen LogP contribution in [0.2, 0.25) is 0 Å². The van der Waals surface area contributed by atoms with E-state index in [1.807, 2.05) is 24.0 Å². The van der Waals surface area contributed by atoms with E-state index in [0.29, 0.717) is 5.92 Å². The van der Waals surface area contributed by atoms with Gasteiger partial charge in [0.2, 0.25) is 0 Å². The van der Waals surface area contributed by atoms with Gasteiger partial charge in [-0.25, -0.2) is 0 Å². The van der Waals surface area contributed by atoms with Crippen LogP contribution in [0.3, 0.4) is 0 Å². The van der Waals surface area contributed by atoms with Gasteiger partial charge in [0, 0.05) is 25.3 Å². The van der Waals surface area contributed by atoms with Crippen molar-refractivity contribution in [2.75, 3.05) is 25.0 Å². The van der Waals surface area contributed by atoms with Crippen LogP contribution in [0, 0.1) is 12.8 Å². The molecule has 1 amide bonds. The number of carbonyl (C=O) groups excluding carboxylic acids is 1. The number of hydrogen-bond donors (Lipinski definition) is 1. The van der Waals surface area contributed by atoms with Crippen LogP contribution < -0.4 is 5.32 Å². The molecule has 0 aliphatic rings. The Kier molecular flexibility index (Phi) is 7.27. The molecule has 0 bridgehead atoms. The maximum atomic E-state index is 12.8. The van der Waals surface area contributed by atoms with Gasteiger partial charge in [0.05, 0.1) is 5.56 Å². The van der Waals surface area contributed by atoms with Crippen LogP contribution in [-0.2, 0) is 0 Å². The minimum atomic E-state index is 0.136. The molecule has 21 heavy (non-hydrogen) atoms. The molecular weight excluding hydrogens is 260 g/mol. The molecule has 0 aromatic heterocycles. The van der Waals surface area contributed by atoms with E-state index in [4.69, 9.17) is 0 Å². The first kappa shape index (κ1) is 17.5. The number of rotatable bonds is 8. The number of nitrogens with zero attached hydrogens (tertiary/aromatic N) is 1. The zero-order valence-electron chi connectivity index (χ0n) is 14.2. The van der Waals surface area contributed by atoms with Crippen molar-refractivity contribution >= 4 is 11.6 Å². The fourth-order valence-corrected chi connectivity index (χ4v) is 2.28. The smallest absolute Gasteiger partial charge is 0.255 e. The highest BCUT2D eigenvalue weighted by atomic mass is 16.2. The molecular formula is C18H30N2O. The highest BCUT2D eigenvalue weighted by molar-refractivity contribution is 5.99. The van der Waals surface area contributed by atoms with Gasteiger partial charge in [-0.1, -0.05) is 33.3 Å². The third-order valence-electron chi connectivity index (χ3n) is 3.87. The second kappa shape index (κ2) is 8.71. The minimum Gasteiger partial charge on any atom is -0.384 e. The number of aryl methyl sites for hydroxylation is 1. The summed E-state index contributed by atoms with van der Waals surface area (Å²) in [5, 5.41) is 3.38. The molecule has 118 valence electrons. The summed E-state index contributed by atoms with van der Waals surface area (Å²) in [7, 11) is 0. The lowest BCUT2D eigenvalue weighted by atomic mass is 10.1. The van der Waals surface area contributed by atoms with Crippen molar-refractivity contribution < 1.29 is 4.79 Å². The molecule has 0 aliphatic heterocycles. The molecule has 0 saturated heterocycles. The molecule has 1 unspecified atom stereocenters. The van der Waals surface area contributed by atoms with Gasteiger partial charge in [0.1, 0.15) is 0 Å². The molecule has 3 heteroatoms. The lowest BCUT2D eigenvalue weighted by Gasteiger charge is -2.25. The lowest BCUT2D eigenvalue weighted by molar-refractivity contribution is 0.0742. The molecule has 1 aromatic rings. The average Bonchev–Trinajstić information content (AvgIpc) is 2.49. The zero-order chi connectivity index (χ0) is 15.8. The van der Waals surface area contributed by atoms with Crippen molar-refractivity contribution in [1.82, 2.24) is 4.90 Å². The SMILES string of the molecule is CCCNc1cc(C)ccc1C(=O)N(CC)CC(C)CC. The number of amides is 1. The summed E-state index contributed by atoms with van der Waals surface area (Å²) in [4.78, 5) is 14.8. The normalized spacial score (nSPS) is 12.0. The first-order chi connectivity index (χ1) is 10.0. The number of carbonyl (C=O) groups is 1. The monoisotopic (exact) mass is 290 g/mol. The highest BCUT2D eigenvalue weighted by Gasteiger charge is 2.19. The Bertz CT molecular complexity index is 457. The van der Waals surface area contributed by atoms with E-state index in [1.165, 1.54) is 5.56 Å². The summed E-state index contributed by atoms with van der Waals surface area (Å²) in [6, 6.07) is 6.04. The van der Waals surface area contributed by atoms with Crippen LogP contribution in [0.15, 0.2) is 18.2 Å². The first-order valence-corrected chi connectivity index (χ1v) is 8.17. The molecule has 0 heterocycles. The van der Waals surface area contributed by atoms with Crippen molar-refractivity contribution in [3.05, 3.63) is 29.3 Å². The summed E-state index contributed by atoms with van der Waals surface area (Å²) >= 11 is 0. The van der Waals surface area contributed by atoms with Gasteiger partial charge in [-0.05, 0) is 43.9 Å². The van der Waals surface area contributed by atoms with Crippen LogP contribution in [-0.4, -0.2) is 30.4 Å². The van der Waals surface area contributed by atoms with Crippen molar-refractivity contribution in [3.63, 3.8) is 0 Å². The predicted octanol–water partition coefficient (Wildman–Crippen LogP) is 4.33. The van der Waals surface area contributed by atoms with E-state index >= 15 is 0 Å². The van der Waals surface area contributed by atoms with Gasteiger partial charge in [0.15, 0.2) is 0 Å². The van der Waals surface area contributed by atoms with Crippen LogP contribution in [0.5, 0.6) is 0 Å². The minimum absolute atomic E-state index is 0.136. The van der Waals surface area contributed by atoms with E-state index < -0.39 is 0 Å². The fraction of sp³-hybridized carbons (Fsp3) is 0.611. The number of anilines is 1. The molecule has 1 atom stereocenters. The second-order valence-electron chi connectivity index (χ2n) is 5.83. The molecule has 0 saturated carbocycles. The Hall–Kier alpha value is -1.51. The maximum absolute atomic E-state index is 12.8. The van der Waals surface area contributed by atoms with E-state index in [0.717, 1.165) is 43.7 Å². The molecule has 1 rings (SSSR count). The second-order valence-corrected chi connectivity index (χ2v) is 5.83. The zero-order valence-corrected chi connectivity index (χ0v) is 14.2. The van der Waals surface area contributed by atoms with Gasteiger partial charge < -0.3 is 10.2 Å². The average molecular weight is 290 g/mol. The van der Waals surface area contributed by atoms with E-state index in [-0.39, 0.29) is 5.91 Å². The fourth-order valence-electron chi connectivity index (χ4n) is 2.28. The number of hydrogen-bond acceptors (Lipinski definition) is 2. The first-order valence-electron chi connectivity index (χ1n) is 8.17. The van der Waals surface area contributed by atoms with Gasteiger partial charge in [-0.2, -0.15) is 0 Å². The third-order valence-corrected chi connectivity index (χ3v) is 3.87. The van der Waals surface area contributed by atoms with Crippen molar-refractivity contribution in [1.29, 1.82) is 0 Å². The Balaban J connectivity index is 2.98. The number of nitrogens with one attached hydrogen (secondary N) is 1. The number of benzene rings is 1. The molecule has 3 nitrogen and oxygen atoms in total. The highest BCUT2D eigenvalue weighted by Crippen LogP contribution is 2.20. The summed E-state index contributed by atoms with van der Waals surface area (Å²) in [5.74, 6) is 0.669. The molecule has 0 fully saturated rings. The van der Waals surface area contributed by atoms with E-state index in [9.17, 15) is 4.79 Å². The van der Waals surface area contributed by atoms with Crippen LogP contribution in [0.1, 0.15) is 56.5 Å². The summed E-state index contributed by atoms with van der Waals surface area (Å²) < 4.78 is 0. The van der Waals surface area contributed by atoms with Gasteiger partial charge in [-0.3, -0.25) is 4.79 Å². The van der Waals surface area contributed by atoms with Crippen LogP contribution >= 0.6 is 0 Å². The molecule has 0 aliphatic carbocycles. The van der Waals surface area contributed by atoms with Crippen molar-refractivity contribution in [2.24, 2.45) is 5.92 Å². The largest absolute Gasteiger partial charge is 0.384 e. The van der Waals surface area contributed by atoms with Gasteiger partial charge in [-0.15, -0.1) is 0 Å². The van der Waals surface area contributed by atoms with Gasteiger partial charge >= 0.3 is 0 Å². The lowest BCUT2D eigenvalue weighted by Crippen LogP contribution is -2.35. The van der Waals surface area contributed by atoms with E-state index in [2.05, 4.69) is 39.1 Å². The molecule has 0 spiro atoms. The summed E-state index contributed by atoms with van der Waals surface area (Å²) in [5.41, 5.74) is 2.93. The van der Waals surface area contributed by atoms with Gasteiger partial charge in [0.25, 0.3) is 5.91 Å². The molecule has 1 N–H and O–H groups in total. The molecule has 0 radical (unpaired) electrons. The van der Waals surface area contributed by atoms with Crippen molar-refractivity contribution in [3.8, 4) is 0 Å². The van der Waals surface area contributed by atoms with Crippen LogP contribution in [0.25, 0.3) is 0 Å². The Labute approximate surface area is 129 Å². The summed E-state index contributed by atoms with van der Waals surface area (Å²) in [6.45, 7) is 13.1. The third kappa shape index (κ3) is 5.07. The Morgan fingerprint density at radius 2 is 2.00 bits per heavy atom.